The fraction of sp³-hybridized carbons (Fsp3) is 0.632. The zero-order valence-corrected chi connectivity index (χ0v) is 16.0. The van der Waals surface area contributed by atoms with E-state index in [9.17, 15) is 13.2 Å². The molecule has 6 heteroatoms. The summed E-state index contributed by atoms with van der Waals surface area (Å²) in [5.74, 6) is 0.380. The highest BCUT2D eigenvalue weighted by Crippen LogP contribution is 2.27. The van der Waals surface area contributed by atoms with Crippen LogP contribution in [0.4, 0.5) is 0 Å². The maximum atomic E-state index is 13.0. The second kappa shape index (κ2) is 7.46. The molecule has 0 atom stereocenters. The monoisotopic (exact) mass is 364 g/mol. The van der Waals surface area contributed by atoms with E-state index in [0.29, 0.717) is 37.5 Å². The highest BCUT2D eigenvalue weighted by Gasteiger charge is 2.32. The largest absolute Gasteiger partial charge is 0.341 e. The third-order valence-electron chi connectivity index (χ3n) is 5.42. The molecule has 0 radical (unpaired) electrons. The van der Waals surface area contributed by atoms with Crippen molar-refractivity contribution in [2.45, 2.75) is 50.8 Å². The molecule has 2 fully saturated rings. The van der Waals surface area contributed by atoms with Crippen LogP contribution in [0.5, 0.6) is 0 Å². The summed E-state index contributed by atoms with van der Waals surface area (Å²) >= 11 is 0. The summed E-state index contributed by atoms with van der Waals surface area (Å²) in [4.78, 5) is 14.9. The van der Waals surface area contributed by atoms with Gasteiger partial charge < -0.3 is 4.90 Å². The Morgan fingerprint density at radius 1 is 1.00 bits per heavy atom. The van der Waals surface area contributed by atoms with Crippen LogP contribution in [0.1, 0.15) is 43.2 Å². The Hall–Kier alpha value is -1.40. The number of nitrogens with zero attached hydrogens (tertiary/aromatic N) is 2. The van der Waals surface area contributed by atoms with Gasteiger partial charge in [-0.15, -0.1) is 0 Å². The third kappa shape index (κ3) is 3.90. The quantitative estimate of drug-likeness (QED) is 0.829. The first-order chi connectivity index (χ1) is 11.9. The number of sulfonamides is 1. The van der Waals surface area contributed by atoms with Crippen molar-refractivity contribution in [1.82, 2.24) is 9.21 Å². The smallest absolute Gasteiger partial charge is 0.243 e. The Labute approximate surface area is 151 Å². The van der Waals surface area contributed by atoms with E-state index in [2.05, 4.69) is 0 Å². The summed E-state index contributed by atoms with van der Waals surface area (Å²) in [6, 6.07) is 5.45. The normalized spacial score (nSPS) is 20.6. The summed E-state index contributed by atoms with van der Waals surface area (Å²) in [5, 5.41) is 0. The first-order valence-corrected chi connectivity index (χ1v) is 10.7. The summed E-state index contributed by atoms with van der Waals surface area (Å²) in [5.41, 5.74) is 1.84. The molecule has 0 spiro atoms. The van der Waals surface area contributed by atoms with E-state index in [0.717, 1.165) is 36.8 Å². The van der Waals surface area contributed by atoms with Crippen molar-refractivity contribution in [1.29, 1.82) is 0 Å². The van der Waals surface area contributed by atoms with Crippen molar-refractivity contribution in [3.8, 4) is 0 Å². The molecule has 1 aliphatic heterocycles. The molecule has 1 saturated heterocycles. The number of aryl methyl sites for hydroxylation is 2. The lowest BCUT2D eigenvalue weighted by molar-refractivity contribution is -0.135. The molecule has 25 heavy (non-hydrogen) atoms. The lowest BCUT2D eigenvalue weighted by Crippen LogP contribution is -2.39. The van der Waals surface area contributed by atoms with E-state index in [-0.39, 0.29) is 11.8 Å². The van der Waals surface area contributed by atoms with Crippen molar-refractivity contribution in [2.24, 2.45) is 5.92 Å². The SMILES string of the molecule is Cc1ccc(S(=O)(=O)N2CCCN(C(=O)C3CCCC3)CC2)c(C)c1. The van der Waals surface area contributed by atoms with Crippen LogP contribution in [-0.2, 0) is 14.8 Å². The van der Waals surface area contributed by atoms with Gasteiger partial charge in [-0.3, -0.25) is 4.79 Å². The molecule has 0 unspecified atom stereocenters. The summed E-state index contributed by atoms with van der Waals surface area (Å²) in [6.45, 7) is 5.82. The first-order valence-electron chi connectivity index (χ1n) is 9.26. The molecule has 3 rings (SSSR count). The standard InChI is InChI=1S/C19H28N2O3S/c1-15-8-9-18(16(2)14-15)25(23,24)21-11-5-10-20(12-13-21)19(22)17-6-3-4-7-17/h8-9,14,17H,3-7,10-13H2,1-2H3. The Bertz CT molecular complexity index is 739. The van der Waals surface area contributed by atoms with E-state index in [1.165, 1.54) is 0 Å². The van der Waals surface area contributed by atoms with Gasteiger partial charge in [0.1, 0.15) is 0 Å². The Morgan fingerprint density at radius 2 is 1.72 bits per heavy atom. The van der Waals surface area contributed by atoms with Crippen LogP contribution in [0.3, 0.4) is 0 Å². The average molecular weight is 365 g/mol. The minimum absolute atomic E-state index is 0.155. The topological polar surface area (TPSA) is 57.7 Å². The first kappa shape index (κ1) is 18.4. The van der Waals surface area contributed by atoms with Gasteiger partial charge in [0.25, 0.3) is 0 Å². The Balaban J connectivity index is 1.72. The maximum Gasteiger partial charge on any atom is 0.243 e. The predicted octanol–water partition coefficient (Wildman–Crippen LogP) is 2.72. The van der Waals surface area contributed by atoms with E-state index in [1.54, 1.807) is 10.4 Å². The molecule has 1 aromatic rings. The van der Waals surface area contributed by atoms with E-state index in [1.807, 2.05) is 30.9 Å². The van der Waals surface area contributed by atoms with Crippen molar-refractivity contribution < 1.29 is 13.2 Å². The average Bonchev–Trinajstić information content (AvgIpc) is 2.97. The second-order valence-corrected chi connectivity index (χ2v) is 9.24. The Kier molecular flexibility index (Phi) is 5.49. The fourth-order valence-electron chi connectivity index (χ4n) is 4.01. The lowest BCUT2D eigenvalue weighted by Gasteiger charge is -2.24. The van der Waals surface area contributed by atoms with Crippen molar-refractivity contribution in [3.63, 3.8) is 0 Å². The molecule has 2 aliphatic rings. The van der Waals surface area contributed by atoms with E-state index >= 15 is 0 Å². The van der Waals surface area contributed by atoms with Gasteiger partial charge >= 0.3 is 0 Å². The highest BCUT2D eigenvalue weighted by atomic mass is 32.2. The number of benzene rings is 1. The van der Waals surface area contributed by atoms with E-state index < -0.39 is 10.0 Å². The summed E-state index contributed by atoms with van der Waals surface area (Å²) in [7, 11) is -3.51. The number of carbonyl (C=O) groups excluding carboxylic acids is 1. The number of rotatable bonds is 3. The van der Waals surface area contributed by atoms with Crippen molar-refractivity contribution >= 4 is 15.9 Å². The zero-order valence-electron chi connectivity index (χ0n) is 15.2. The summed E-state index contributed by atoms with van der Waals surface area (Å²) < 4.78 is 27.6. The molecule has 5 nitrogen and oxygen atoms in total. The Morgan fingerprint density at radius 3 is 2.40 bits per heavy atom. The summed E-state index contributed by atoms with van der Waals surface area (Å²) in [6.07, 6.45) is 4.94. The minimum Gasteiger partial charge on any atom is -0.341 e. The maximum absolute atomic E-state index is 13.0. The molecule has 1 heterocycles. The van der Waals surface area contributed by atoms with Gasteiger partial charge in [-0.25, -0.2) is 8.42 Å². The molecule has 138 valence electrons. The molecule has 0 N–H and O–H groups in total. The van der Waals surface area contributed by atoms with Gasteiger partial charge in [0.2, 0.25) is 15.9 Å². The van der Waals surface area contributed by atoms with Crippen molar-refractivity contribution in [3.05, 3.63) is 29.3 Å². The van der Waals surface area contributed by atoms with Crippen LogP contribution in [0.25, 0.3) is 0 Å². The molecule has 1 amide bonds. The van der Waals surface area contributed by atoms with Gasteiger partial charge in [0.15, 0.2) is 0 Å². The van der Waals surface area contributed by atoms with E-state index in [4.69, 9.17) is 0 Å². The number of hydrogen-bond donors (Lipinski definition) is 0. The fourth-order valence-corrected chi connectivity index (χ4v) is 5.69. The van der Waals surface area contributed by atoms with Gasteiger partial charge in [-0.2, -0.15) is 4.31 Å². The van der Waals surface area contributed by atoms with Crippen LogP contribution < -0.4 is 0 Å². The van der Waals surface area contributed by atoms with Crippen molar-refractivity contribution in [2.75, 3.05) is 26.2 Å². The van der Waals surface area contributed by atoms with Crippen LogP contribution in [-0.4, -0.2) is 49.7 Å². The number of hydrogen-bond acceptors (Lipinski definition) is 3. The van der Waals surface area contributed by atoms with Gasteiger partial charge in [0.05, 0.1) is 4.90 Å². The molecule has 1 aliphatic carbocycles. The minimum atomic E-state index is -3.51. The van der Waals surface area contributed by atoms with Gasteiger partial charge in [0, 0.05) is 32.1 Å². The second-order valence-electron chi connectivity index (χ2n) is 7.33. The molecule has 0 bridgehead atoms. The van der Waals surface area contributed by atoms with Crippen LogP contribution in [0, 0.1) is 19.8 Å². The molecular weight excluding hydrogens is 336 g/mol. The van der Waals surface area contributed by atoms with Gasteiger partial charge in [-0.1, -0.05) is 30.5 Å². The third-order valence-corrected chi connectivity index (χ3v) is 7.48. The molecule has 1 saturated carbocycles. The molecule has 1 aromatic carbocycles. The predicted molar refractivity (Wildman–Crippen MR) is 97.8 cm³/mol. The van der Waals surface area contributed by atoms with Crippen LogP contribution in [0.15, 0.2) is 23.1 Å². The lowest BCUT2D eigenvalue weighted by atomic mass is 10.1. The number of amides is 1. The highest BCUT2D eigenvalue weighted by molar-refractivity contribution is 7.89. The number of carbonyl (C=O) groups is 1. The van der Waals surface area contributed by atoms with Crippen LogP contribution in [0.2, 0.25) is 0 Å². The van der Waals surface area contributed by atoms with Gasteiger partial charge in [-0.05, 0) is 44.7 Å². The zero-order chi connectivity index (χ0) is 18.0. The molecular formula is C19H28N2O3S. The van der Waals surface area contributed by atoms with Crippen LogP contribution >= 0.6 is 0 Å². The molecule has 0 aromatic heterocycles.